The molecular formula is C15H30N2O3. The van der Waals surface area contributed by atoms with Gasteiger partial charge >= 0.3 is 5.97 Å². The first-order valence-electron chi connectivity index (χ1n) is 7.49. The van der Waals surface area contributed by atoms with Gasteiger partial charge in [0.25, 0.3) is 0 Å². The molecule has 118 valence electrons. The van der Waals surface area contributed by atoms with Crippen LogP contribution in [-0.2, 0) is 9.53 Å². The second-order valence-corrected chi connectivity index (χ2v) is 7.09. The molecule has 1 aliphatic rings. The number of carbonyl (C=O) groups is 1. The van der Waals surface area contributed by atoms with Gasteiger partial charge in [-0.05, 0) is 26.7 Å². The number of nitrogens with zero attached hydrogens (tertiary/aromatic N) is 2. The number of hydrogen-bond acceptors (Lipinski definition) is 4. The molecule has 0 aromatic rings. The Labute approximate surface area is 122 Å². The highest BCUT2D eigenvalue weighted by Gasteiger charge is 2.29. The molecule has 20 heavy (non-hydrogen) atoms. The number of ether oxygens (including phenoxy) is 1. The molecule has 0 radical (unpaired) electrons. The topological polar surface area (TPSA) is 53.0 Å². The second-order valence-electron chi connectivity index (χ2n) is 7.09. The van der Waals surface area contributed by atoms with E-state index < -0.39 is 5.97 Å². The molecule has 5 heteroatoms. The van der Waals surface area contributed by atoms with Gasteiger partial charge in [-0.3, -0.25) is 14.6 Å². The zero-order chi connectivity index (χ0) is 15.3. The molecule has 0 bridgehead atoms. The van der Waals surface area contributed by atoms with Crippen molar-refractivity contribution in [3.8, 4) is 0 Å². The summed E-state index contributed by atoms with van der Waals surface area (Å²) in [7, 11) is 0. The smallest absolute Gasteiger partial charge is 0.317 e. The fourth-order valence-corrected chi connectivity index (χ4v) is 2.56. The van der Waals surface area contributed by atoms with Gasteiger partial charge in [-0.1, -0.05) is 13.8 Å². The van der Waals surface area contributed by atoms with Crippen molar-refractivity contribution in [2.24, 2.45) is 5.92 Å². The van der Waals surface area contributed by atoms with Gasteiger partial charge in [-0.2, -0.15) is 0 Å². The van der Waals surface area contributed by atoms with E-state index in [4.69, 9.17) is 9.84 Å². The van der Waals surface area contributed by atoms with Crippen molar-refractivity contribution in [2.75, 3.05) is 39.3 Å². The summed E-state index contributed by atoms with van der Waals surface area (Å²) in [6.45, 7) is 15.0. The lowest BCUT2D eigenvalue weighted by molar-refractivity contribution is -0.141. The van der Waals surface area contributed by atoms with E-state index in [1.54, 1.807) is 0 Å². The largest absolute Gasteiger partial charge is 0.480 e. The molecule has 1 N–H and O–H groups in total. The molecule has 0 aromatic heterocycles. The maximum atomic E-state index is 11.0. The molecule has 0 aromatic carbocycles. The van der Waals surface area contributed by atoms with Crippen molar-refractivity contribution < 1.29 is 14.6 Å². The van der Waals surface area contributed by atoms with Crippen molar-refractivity contribution >= 4 is 5.97 Å². The second kappa shape index (κ2) is 7.38. The van der Waals surface area contributed by atoms with Gasteiger partial charge < -0.3 is 9.84 Å². The number of aliphatic carboxylic acids is 1. The minimum Gasteiger partial charge on any atom is -0.480 e. The summed E-state index contributed by atoms with van der Waals surface area (Å²) in [5.74, 6) is -0.138. The Bertz CT molecular complexity index is 313. The van der Waals surface area contributed by atoms with E-state index in [9.17, 15) is 4.79 Å². The Hall–Kier alpha value is -0.650. The third-order valence-corrected chi connectivity index (χ3v) is 3.55. The molecular weight excluding hydrogens is 256 g/mol. The summed E-state index contributed by atoms with van der Waals surface area (Å²) >= 11 is 0. The van der Waals surface area contributed by atoms with E-state index in [0.29, 0.717) is 12.5 Å². The first-order chi connectivity index (χ1) is 9.18. The minimum atomic E-state index is -0.783. The van der Waals surface area contributed by atoms with E-state index in [1.807, 2.05) is 25.7 Å². The Balaban J connectivity index is 2.57. The number of carboxylic acids is 1. The van der Waals surface area contributed by atoms with Crippen LogP contribution in [0.25, 0.3) is 0 Å². The van der Waals surface area contributed by atoms with Crippen LogP contribution in [0.1, 0.15) is 34.6 Å². The maximum absolute atomic E-state index is 11.0. The highest BCUT2D eigenvalue weighted by molar-refractivity contribution is 5.69. The standard InChI is InChI=1S/C15H30N2O3/c1-12(2)8-16-6-7-20-13(9-16)10-17(11-14(18)19)15(3,4)5/h12-13H,6-11H2,1-5H3,(H,18,19). The third kappa shape index (κ3) is 6.20. The molecule has 1 aliphatic heterocycles. The Kier molecular flexibility index (Phi) is 6.43. The molecule has 0 spiro atoms. The van der Waals surface area contributed by atoms with Crippen LogP contribution in [0.4, 0.5) is 0 Å². The van der Waals surface area contributed by atoms with Crippen LogP contribution in [-0.4, -0.2) is 71.8 Å². The molecule has 1 heterocycles. The fourth-order valence-electron chi connectivity index (χ4n) is 2.56. The highest BCUT2D eigenvalue weighted by Crippen LogP contribution is 2.16. The lowest BCUT2D eigenvalue weighted by atomic mass is 10.0. The van der Waals surface area contributed by atoms with E-state index in [-0.39, 0.29) is 18.2 Å². The summed E-state index contributed by atoms with van der Waals surface area (Å²) in [6, 6.07) is 0. The molecule has 0 saturated carbocycles. The number of hydrogen-bond donors (Lipinski definition) is 1. The van der Waals surface area contributed by atoms with Gasteiger partial charge in [0.1, 0.15) is 0 Å². The van der Waals surface area contributed by atoms with Gasteiger partial charge in [0.2, 0.25) is 0 Å². The van der Waals surface area contributed by atoms with Crippen molar-refractivity contribution in [3.63, 3.8) is 0 Å². The predicted octanol–water partition coefficient (Wildman–Crippen LogP) is 1.53. The number of carboxylic acid groups (broad SMARTS) is 1. The first kappa shape index (κ1) is 17.4. The molecule has 0 aliphatic carbocycles. The van der Waals surface area contributed by atoms with Crippen molar-refractivity contribution in [1.29, 1.82) is 0 Å². The summed E-state index contributed by atoms with van der Waals surface area (Å²) < 4.78 is 5.82. The zero-order valence-corrected chi connectivity index (χ0v) is 13.6. The van der Waals surface area contributed by atoms with Gasteiger partial charge in [-0.25, -0.2) is 0 Å². The van der Waals surface area contributed by atoms with Crippen LogP contribution < -0.4 is 0 Å². The van der Waals surface area contributed by atoms with Crippen molar-refractivity contribution in [2.45, 2.75) is 46.3 Å². The molecule has 1 unspecified atom stereocenters. The molecule has 0 amide bonds. The van der Waals surface area contributed by atoms with E-state index in [1.165, 1.54) is 0 Å². The fraction of sp³-hybridized carbons (Fsp3) is 0.933. The quantitative estimate of drug-likeness (QED) is 0.802. The summed E-state index contributed by atoms with van der Waals surface area (Å²) in [4.78, 5) is 15.4. The van der Waals surface area contributed by atoms with Gasteiger partial charge in [0.05, 0.1) is 19.3 Å². The normalized spacial score (nSPS) is 21.6. The van der Waals surface area contributed by atoms with Gasteiger partial charge in [0.15, 0.2) is 0 Å². The van der Waals surface area contributed by atoms with Gasteiger partial charge in [0, 0.05) is 31.7 Å². The van der Waals surface area contributed by atoms with Crippen molar-refractivity contribution in [3.05, 3.63) is 0 Å². The molecule has 1 atom stereocenters. The monoisotopic (exact) mass is 286 g/mol. The number of morpholine rings is 1. The molecule has 1 fully saturated rings. The van der Waals surface area contributed by atoms with E-state index >= 15 is 0 Å². The third-order valence-electron chi connectivity index (χ3n) is 3.55. The Morgan fingerprint density at radius 1 is 1.45 bits per heavy atom. The first-order valence-corrected chi connectivity index (χ1v) is 7.49. The highest BCUT2D eigenvalue weighted by atomic mass is 16.5. The minimum absolute atomic E-state index is 0.0630. The average molecular weight is 286 g/mol. The summed E-state index contributed by atoms with van der Waals surface area (Å²) in [5.41, 5.74) is -0.165. The summed E-state index contributed by atoms with van der Waals surface area (Å²) in [6.07, 6.45) is 0.0982. The Morgan fingerprint density at radius 3 is 2.60 bits per heavy atom. The van der Waals surface area contributed by atoms with Crippen LogP contribution in [0.2, 0.25) is 0 Å². The van der Waals surface area contributed by atoms with Crippen molar-refractivity contribution in [1.82, 2.24) is 9.80 Å². The van der Waals surface area contributed by atoms with Crippen LogP contribution in [0.15, 0.2) is 0 Å². The lowest BCUT2D eigenvalue weighted by Gasteiger charge is -2.40. The zero-order valence-electron chi connectivity index (χ0n) is 13.6. The summed E-state index contributed by atoms with van der Waals surface area (Å²) in [5, 5.41) is 9.05. The van der Waals surface area contributed by atoms with Crippen LogP contribution >= 0.6 is 0 Å². The van der Waals surface area contributed by atoms with E-state index in [2.05, 4.69) is 18.7 Å². The van der Waals surface area contributed by atoms with Gasteiger partial charge in [-0.15, -0.1) is 0 Å². The van der Waals surface area contributed by atoms with E-state index in [0.717, 1.165) is 26.2 Å². The molecule has 5 nitrogen and oxygen atoms in total. The molecule has 1 saturated heterocycles. The van der Waals surface area contributed by atoms with Crippen LogP contribution in [0, 0.1) is 5.92 Å². The predicted molar refractivity (Wildman–Crippen MR) is 80.0 cm³/mol. The van der Waals surface area contributed by atoms with Crippen LogP contribution in [0.5, 0.6) is 0 Å². The maximum Gasteiger partial charge on any atom is 0.317 e. The number of rotatable bonds is 6. The Morgan fingerprint density at radius 2 is 2.10 bits per heavy atom. The lowest BCUT2D eigenvalue weighted by Crippen LogP contribution is -2.53. The average Bonchev–Trinajstić information content (AvgIpc) is 2.25. The molecule has 1 rings (SSSR count). The SMILES string of the molecule is CC(C)CN1CCOC(CN(CC(=O)O)C(C)(C)C)C1. The van der Waals surface area contributed by atoms with Crippen LogP contribution in [0.3, 0.4) is 0 Å².